The van der Waals surface area contributed by atoms with E-state index in [1.54, 1.807) is 6.07 Å². The standard InChI is InChI=1S/C9H16N2O3S/c1-11(15(13,14)7-6-10)8-9(12)4-2-3-5-9/h12H,2-5,7-8H2,1H3. The van der Waals surface area contributed by atoms with Crippen LogP contribution in [0.5, 0.6) is 0 Å². The molecule has 0 atom stereocenters. The van der Waals surface area contributed by atoms with E-state index in [1.165, 1.54) is 7.05 Å². The fraction of sp³-hybridized carbons (Fsp3) is 0.889. The summed E-state index contributed by atoms with van der Waals surface area (Å²) in [5.41, 5.74) is -0.892. The van der Waals surface area contributed by atoms with Gasteiger partial charge < -0.3 is 5.11 Å². The van der Waals surface area contributed by atoms with Crippen LogP contribution >= 0.6 is 0 Å². The Kier molecular flexibility index (Phi) is 3.71. The van der Waals surface area contributed by atoms with Crippen LogP contribution in [-0.2, 0) is 10.0 Å². The highest BCUT2D eigenvalue weighted by Crippen LogP contribution is 2.30. The monoisotopic (exact) mass is 232 g/mol. The third-order valence-electron chi connectivity index (χ3n) is 2.77. The van der Waals surface area contributed by atoms with Crippen molar-refractivity contribution in [3.8, 4) is 6.07 Å². The van der Waals surface area contributed by atoms with Gasteiger partial charge in [-0.05, 0) is 12.8 Å². The molecule has 0 bridgehead atoms. The number of likely N-dealkylation sites (N-methyl/N-ethyl adjacent to an activating group) is 1. The Bertz CT molecular complexity index is 352. The Morgan fingerprint density at radius 3 is 2.47 bits per heavy atom. The number of aliphatic hydroxyl groups is 1. The molecular weight excluding hydrogens is 216 g/mol. The first-order valence-electron chi connectivity index (χ1n) is 4.93. The molecule has 0 spiro atoms. The van der Waals surface area contributed by atoms with Crippen LogP contribution in [0.1, 0.15) is 25.7 Å². The van der Waals surface area contributed by atoms with Crippen molar-refractivity contribution in [2.45, 2.75) is 31.3 Å². The average Bonchev–Trinajstić information content (AvgIpc) is 2.51. The summed E-state index contributed by atoms with van der Waals surface area (Å²) in [7, 11) is -2.12. The summed E-state index contributed by atoms with van der Waals surface area (Å²) in [4.78, 5) is 0. The van der Waals surface area contributed by atoms with Gasteiger partial charge in [0, 0.05) is 13.6 Å². The highest BCUT2D eigenvalue weighted by atomic mass is 32.2. The van der Waals surface area contributed by atoms with Crippen molar-refractivity contribution in [1.29, 1.82) is 5.26 Å². The predicted octanol–water partition coefficient (Wildman–Crippen LogP) is 0.0767. The molecule has 0 aliphatic heterocycles. The minimum atomic E-state index is -3.52. The first-order valence-corrected chi connectivity index (χ1v) is 6.54. The highest BCUT2D eigenvalue weighted by Gasteiger charge is 2.35. The summed E-state index contributed by atoms with van der Waals surface area (Å²) in [5.74, 6) is -0.528. The summed E-state index contributed by atoms with van der Waals surface area (Å²) in [6.07, 6.45) is 3.14. The van der Waals surface area contributed by atoms with Crippen molar-refractivity contribution in [3.05, 3.63) is 0 Å². The van der Waals surface area contributed by atoms with Gasteiger partial charge in [0.15, 0.2) is 5.75 Å². The molecule has 1 N–H and O–H groups in total. The van der Waals surface area contributed by atoms with Gasteiger partial charge in [-0.25, -0.2) is 12.7 Å². The molecule has 1 aliphatic carbocycles. The first kappa shape index (κ1) is 12.4. The van der Waals surface area contributed by atoms with Crippen LogP contribution in [0.2, 0.25) is 0 Å². The smallest absolute Gasteiger partial charge is 0.227 e. The van der Waals surface area contributed by atoms with Gasteiger partial charge in [-0.2, -0.15) is 5.26 Å². The molecule has 0 aromatic rings. The summed E-state index contributed by atoms with van der Waals surface area (Å²) in [6.45, 7) is 0.0943. The molecule has 5 nitrogen and oxygen atoms in total. The molecule has 0 unspecified atom stereocenters. The lowest BCUT2D eigenvalue weighted by atomic mass is 10.0. The maximum atomic E-state index is 11.5. The van der Waals surface area contributed by atoms with Crippen LogP contribution in [0, 0.1) is 11.3 Å². The molecule has 1 fully saturated rings. The van der Waals surface area contributed by atoms with Crippen molar-refractivity contribution in [3.63, 3.8) is 0 Å². The van der Waals surface area contributed by atoms with Crippen molar-refractivity contribution in [2.24, 2.45) is 0 Å². The van der Waals surface area contributed by atoms with Gasteiger partial charge in [0.05, 0.1) is 11.7 Å². The number of nitriles is 1. The maximum Gasteiger partial charge on any atom is 0.227 e. The molecule has 6 heteroatoms. The summed E-state index contributed by atoms with van der Waals surface area (Å²) < 4.78 is 24.0. The summed E-state index contributed by atoms with van der Waals surface area (Å²) >= 11 is 0. The van der Waals surface area contributed by atoms with E-state index in [-0.39, 0.29) is 6.54 Å². The van der Waals surface area contributed by atoms with E-state index in [1.807, 2.05) is 0 Å². The van der Waals surface area contributed by atoms with Crippen LogP contribution in [0.25, 0.3) is 0 Å². The first-order chi connectivity index (χ1) is 6.90. The van der Waals surface area contributed by atoms with Crippen molar-refractivity contribution in [2.75, 3.05) is 19.3 Å². The van der Waals surface area contributed by atoms with E-state index < -0.39 is 21.4 Å². The minimum Gasteiger partial charge on any atom is -0.389 e. The largest absolute Gasteiger partial charge is 0.389 e. The highest BCUT2D eigenvalue weighted by molar-refractivity contribution is 7.89. The lowest BCUT2D eigenvalue weighted by molar-refractivity contribution is 0.0334. The van der Waals surface area contributed by atoms with Crippen molar-refractivity contribution >= 4 is 10.0 Å². The second kappa shape index (κ2) is 4.47. The molecule has 0 radical (unpaired) electrons. The third-order valence-corrected chi connectivity index (χ3v) is 4.35. The maximum absolute atomic E-state index is 11.5. The topological polar surface area (TPSA) is 81.4 Å². The molecule has 1 rings (SSSR count). The van der Waals surface area contributed by atoms with Crippen LogP contribution in [0.3, 0.4) is 0 Å². The van der Waals surface area contributed by atoms with Gasteiger partial charge in [-0.3, -0.25) is 0 Å². The van der Waals surface area contributed by atoms with Crippen LogP contribution in [0.4, 0.5) is 0 Å². The SMILES string of the molecule is CN(CC1(O)CCCC1)S(=O)(=O)CC#N. The van der Waals surface area contributed by atoms with Gasteiger partial charge in [0.2, 0.25) is 10.0 Å². The molecule has 1 saturated carbocycles. The van der Waals surface area contributed by atoms with Gasteiger partial charge in [-0.1, -0.05) is 12.8 Å². The van der Waals surface area contributed by atoms with Crippen molar-refractivity contribution < 1.29 is 13.5 Å². The zero-order valence-corrected chi connectivity index (χ0v) is 9.63. The lowest BCUT2D eigenvalue weighted by Crippen LogP contribution is -2.42. The normalized spacial score (nSPS) is 20.4. The quantitative estimate of drug-likeness (QED) is 0.744. The Balaban J connectivity index is 2.63. The molecule has 0 aromatic carbocycles. The van der Waals surface area contributed by atoms with Crippen molar-refractivity contribution in [1.82, 2.24) is 4.31 Å². The summed E-state index contributed by atoms with van der Waals surface area (Å²) in [6, 6.07) is 1.62. The molecule has 0 amide bonds. The van der Waals surface area contributed by atoms with E-state index in [9.17, 15) is 13.5 Å². The average molecular weight is 232 g/mol. The Morgan fingerprint density at radius 2 is 2.00 bits per heavy atom. The van der Waals surface area contributed by atoms with E-state index in [0.717, 1.165) is 17.1 Å². The fourth-order valence-electron chi connectivity index (χ4n) is 1.90. The summed E-state index contributed by atoms with van der Waals surface area (Å²) in [5, 5.41) is 18.4. The lowest BCUT2D eigenvalue weighted by Gasteiger charge is -2.27. The number of hydrogen-bond acceptors (Lipinski definition) is 4. The third kappa shape index (κ3) is 3.16. The minimum absolute atomic E-state index is 0.0943. The van der Waals surface area contributed by atoms with Crippen LogP contribution in [0.15, 0.2) is 0 Å². The second-order valence-electron chi connectivity index (χ2n) is 4.10. The number of nitrogens with zero attached hydrogens (tertiary/aromatic N) is 2. The van der Waals surface area contributed by atoms with E-state index >= 15 is 0 Å². The van der Waals surface area contributed by atoms with E-state index in [4.69, 9.17) is 5.26 Å². The molecule has 0 saturated heterocycles. The zero-order chi connectivity index (χ0) is 11.5. The van der Waals surface area contributed by atoms with E-state index in [2.05, 4.69) is 0 Å². The Morgan fingerprint density at radius 1 is 1.47 bits per heavy atom. The predicted molar refractivity (Wildman–Crippen MR) is 55.4 cm³/mol. The number of rotatable bonds is 4. The molecule has 0 heterocycles. The van der Waals surface area contributed by atoms with Crippen LogP contribution in [-0.4, -0.2) is 42.8 Å². The number of hydrogen-bond donors (Lipinski definition) is 1. The zero-order valence-electron chi connectivity index (χ0n) is 8.81. The van der Waals surface area contributed by atoms with Gasteiger partial charge >= 0.3 is 0 Å². The second-order valence-corrected chi connectivity index (χ2v) is 6.18. The molecular formula is C9H16N2O3S. The van der Waals surface area contributed by atoms with E-state index in [0.29, 0.717) is 12.8 Å². The molecule has 0 aromatic heterocycles. The fourth-order valence-corrected chi connectivity index (χ4v) is 2.72. The van der Waals surface area contributed by atoms with Crippen LogP contribution < -0.4 is 0 Å². The molecule has 86 valence electrons. The number of sulfonamides is 1. The molecule has 1 aliphatic rings. The van der Waals surface area contributed by atoms with Gasteiger partial charge in [0.25, 0.3) is 0 Å². The van der Waals surface area contributed by atoms with Gasteiger partial charge in [-0.15, -0.1) is 0 Å². The Hall–Kier alpha value is -0.640. The molecule has 15 heavy (non-hydrogen) atoms. The van der Waals surface area contributed by atoms with Gasteiger partial charge in [0.1, 0.15) is 0 Å². The Labute approximate surface area is 90.4 Å².